The molecule has 2 nitrogen and oxygen atoms in total. The van der Waals surface area contributed by atoms with Crippen molar-refractivity contribution in [3.05, 3.63) is 51.8 Å². The van der Waals surface area contributed by atoms with Crippen molar-refractivity contribution < 1.29 is 5.11 Å². The number of aryl methyl sites for hydroxylation is 2. The van der Waals surface area contributed by atoms with Gasteiger partial charge in [-0.05, 0) is 60.1 Å². The molecule has 2 N–H and O–H groups in total. The standard InChI is InChI=1S/C18H25NO/c1-11-7-14(19-10-11)9-15-12(2)8-16(18(4,5)6)17(20)13(15)3/h7-8,10,19-20H,9H2,1-6H3. The summed E-state index contributed by atoms with van der Waals surface area (Å²) in [4.78, 5) is 3.29. The maximum absolute atomic E-state index is 10.5. The third kappa shape index (κ3) is 2.74. The second kappa shape index (κ2) is 5.01. The summed E-state index contributed by atoms with van der Waals surface area (Å²) in [5.74, 6) is 0.446. The van der Waals surface area contributed by atoms with Crippen LogP contribution in [0, 0.1) is 20.8 Å². The minimum Gasteiger partial charge on any atom is -0.507 e. The molecule has 2 heteroatoms. The zero-order valence-corrected chi connectivity index (χ0v) is 13.4. The fourth-order valence-corrected chi connectivity index (χ4v) is 2.71. The van der Waals surface area contributed by atoms with Gasteiger partial charge in [-0.15, -0.1) is 0 Å². The molecule has 2 rings (SSSR count). The molecule has 108 valence electrons. The van der Waals surface area contributed by atoms with Crippen molar-refractivity contribution in [3.8, 4) is 5.75 Å². The zero-order valence-electron chi connectivity index (χ0n) is 13.4. The largest absolute Gasteiger partial charge is 0.507 e. The minimum absolute atomic E-state index is 0.0405. The number of benzene rings is 1. The smallest absolute Gasteiger partial charge is 0.122 e. The average molecular weight is 271 g/mol. The number of phenols is 1. The molecule has 1 heterocycles. The van der Waals surface area contributed by atoms with E-state index >= 15 is 0 Å². The number of nitrogens with one attached hydrogen (secondary N) is 1. The van der Waals surface area contributed by atoms with Crippen molar-refractivity contribution in [2.24, 2.45) is 0 Å². The number of aromatic amines is 1. The molecule has 0 aliphatic heterocycles. The molecule has 0 saturated carbocycles. The Bertz CT molecular complexity index is 630. The number of aromatic hydroxyl groups is 1. The number of hydrogen-bond donors (Lipinski definition) is 2. The van der Waals surface area contributed by atoms with Crippen LogP contribution in [-0.2, 0) is 11.8 Å². The van der Waals surface area contributed by atoms with Crippen LogP contribution in [0.1, 0.15) is 54.3 Å². The van der Waals surface area contributed by atoms with Gasteiger partial charge in [0.25, 0.3) is 0 Å². The van der Waals surface area contributed by atoms with E-state index in [0.717, 1.165) is 17.5 Å². The normalized spacial score (nSPS) is 11.9. The van der Waals surface area contributed by atoms with E-state index in [2.05, 4.69) is 51.7 Å². The molecule has 1 aromatic carbocycles. The van der Waals surface area contributed by atoms with Crippen LogP contribution in [0.3, 0.4) is 0 Å². The number of rotatable bonds is 2. The summed E-state index contributed by atoms with van der Waals surface area (Å²) in [6, 6.07) is 4.29. The van der Waals surface area contributed by atoms with Crippen LogP contribution >= 0.6 is 0 Å². The van der Waals surface area contributed by atoms with Crippen LogP contribution in [0.4, 0.5) is 0 Å². The zero-order chi connectivity index (χ0) is 15.1. The van der Waals surface area contributed by atoms with E-state index in [0.29, 0.717) is 5.75 Å². The van der Waals surface area contributed by atoms with Crippen LogP contribution in [0.2, 0.25) is 0 Å². The quantitative estimate of drug-likeness (QED) is 0.827. The molecule has 0 aliphatic carbocycles. The molecule has 0 atom stereocenters. The predicted octanol–water partition coefficient (Wildman–Crippen LogP) is 4.53. The molecule has 1 aromatic heterocycles. The van der Waals surface area contributed by atoms with Crippen molar-refractivity contribution in [1.82, 2.24) is 4.98 Å². The van der Waals surface area contributed by atoms with Crippen molar-refractivity contribution in [2.75, 3.05) is 0 Å². The van der Waals surface area contributed by atoms with Crippen LogP contribution in [0.5, 0.6) is 5.75 Å². The highest BCUT2D eigenvalue weighted by molar-refractivity contribution is 5.52. The Balaban J connectivity index is 2.48. The molecule has 2 aromatic rings. The maximum Gasteiger partial charge on any atom is 0.122 e. The summed E-state index contributed by atoms with van der Waals surface area (Å²) in [5, 5.41) is 10.5. The second-order valence-electron chi connectivity index (χ2n) is 6.82. The van der Waals surface area contributed by atoms with Crippen molar-refractivity contribution >= 4 is 0 Å². The highest BCUT2D eigenvalue weighted by Crippen LogP contribution is 2.36. The lowest BCUT2D eigenvalue weighted by Crippen LogP contribution is -2.13. The van der Waals surface area contributed by atoms with E-state index in [-0.39, 0.29) is 5.41 Å². The van der Waals surface area contributed by atoms with E-state index in [1.807, 2.05) is 13.1 Å². The monoisotopic (exact) mass is 271 g/mol. The van der Waals surface area contributed by atoms with Crippen molar-refractivity contribution in [3.63, 3.8) is 0 Å². The summed E-state index contributed by atoms with van der Waals surface area (Å²) in [6.07, 6.45) is 2.85. The van der Waals surface area contributed by atoms with E-state index < -0.39 is 0 Å². The lowest BCUT2D eigenvalue weighted by atomic mass is 9.82. The van der Waals surface area contributed by atoms with E-state index in [1.165, 1.54) is 22.4 Å². The molecule has 0 amide bonds. The van der Waals surface area contributed by atoms with Crippen LogP contribution < -0.4 is 0 Å². The summed E-state index contributed by atoms with van der Waals surface area (Å²) in [7, 11) is 0. The van der Waals surface area contributed by atoms with Gasteiger partial charge in [-0.2, -0.15) is 0 Å². The van der Waals surface area contributed by atoms with Crippen molar-refractivity contribution in [1.29, 1.82) is 0 Å². The van der Waals surface area contributed by atoms with E-state index in [9.17, 15) is 5.11 Å². The minimum atomic E-state index is -0.0405. The Hall–Kier alpha value is -1.70. The van der Waals surface area contributed by atoms with Gasteiger partial charge in [0.2, 0.25) is 0 Å². The van der Waals surface area contributed by atoms with Gasteiger partial charge < -0.3 is 10.1 Å². The molecule has 0 saturated heterocycles. The van der Waals surface area contributed by atoms with Gasteiger partial charge in [-0.3, -0.25) is 0 Å². The summed E-state index contributed by atoms with van der Waals surface area (Å²) >= 11 is 0. The van der Waals surface area contributed by atoms with Gasteiger partial charge in [0.1, 0.15) is 5.75 Å². The molecule has 0 radical (unpaired) electrons. The van der Waals surface area contributed by atoms with Gasteiger partial charge in [0.15, 0.2) is 0 Å². The van der Waals surface area contributed by atoms with Crippen LogP contribution in [-0.4, -0.2) is 10.1 Å². The molecule has 0 aliphatic rings. The molecule has 0 bridgehead atoms. The van der Waals surface area contributed by atoms with E-state index in [4.69, 9.17) is 0 Å². The second-order valence-corrected chi connectivity index (χ2v) is 6.82. The first-order valence-corrected chi connectivity index (χ1v) is 7.16. The SMILES string of the molecule is Cc1c[nH]c(Cc2c(C)cc(C(C)(C)C)c(O)c2C)c1. The molecular formula is C18H25NO. The molecule has 0 unspecified atom stereocenters. The first-order chi connectivity index (χ1) is 9.20. The Kier molecular flexibility index (Phi) is 3.68. The number of phenolic OH excluding ortho intramolecular Hbond substituents is 1. The highest BCUT2D eigenvalue weighted by atomic mass is 16.3. The summed E-state index contributed by atoms with van der Waals surface area (Å²) in [6.45, 7) is 12.6. The molecular weight excluding hydrogens is 246 g/mol. The first-order valence-electron chi connectivity index (χ1n) is 7.16. The fourth-order valence-electron chi connectivity index (χ4n) is 2.71. The highest BCUT2D eigenvalue weighted by Gasteiger charge is 2.22. The van der Waals surface area contributed by atoms with Crippen LogP contribution in [0.25, 0.3) is 0 Å². The Morgan fingerprint density at radius 1 is 1.10 bits per heavy atom. The topological polar surface area (TPSA) is 36.0 Å². The Morgan fingerprint density at radius 2 is 1.75 bits per heavy atom. The summed E-state index contributed by atoms with van der Waals surface area (Å²) in [5.41, 5.74) is 6.89. The fraction of sp³-hybridized carbons (Fsp3) is 0.444. The molecule has 20 heavy (non-hydrogen) atoms. The molecule has 0 fully saturated rings. The van der Waals surface area contributed by atoms with Crippen LogP contribution in [0.15, 0.2) is 18.3 Å². The van der Waals surface area contributed by atoms with Gasteiger partial charge in [0.05, 0.1) is 0 Å². The number of H-pyrrole nitrogens is 1. The number of hydrogen-bond acceptors (Lipinski definition) is 1. The molecule has 0 spiro atoms. The number of aromatic nitrogens is 1. The lowest BCUT2D eigenvalue weighted by molar-refractivity contribution is 0.441. The third-order valence-electron chi connectivity index (χ3n) is 3.96. The van der Waals surface area contributed by atoms with E-state index in [1.54, 1.807) is 0 Å². The maximum atomic E-state index is 10.5. The lowest BCUT2D eigenvalue weighted by Gasteiger charge is -2.24. The predicted molar refractivity (Wildman–Crippen MR) is 84.6 cm³/mol. The van der Waals surface area contributed by atoms with Gasteiger partial charge in [-0.25, -0.2) is 0 Å². The third-order valence-corrected chi connectivity index (χ3v) is 3.96. The van der Waals surface area contributed by atoms with Gasteiger partial charge >= 0.3 is 0 Å². The Morgan fingerprint density at radius 3 is 2.25 bits per heavy atom. The Labute approximate surface area is 121 Å². The first kappa shape index (κ1) is 14.7. The van der Waals surface area contributed by atoms with Gasteiger partial charge in [-0.1, -0.05) is 26.8 Å². The van der Waals surface area contributed by atoms with Gasteiger partial charge in [0, 0.05) is 18.3 Å². The van der Waals surface area contributed by atoms with Crippen molar-refractivity contribution in [2.45, 2.75) is 53.4 Å². The average Bonchev–Trinajstić information content (AvgIpc) is 2.73. The summed E-state index contributed by atoms with van der Waals surface area (Å²) < 4.78 is 0.